The quantitative estimate of drug-likeness (QED) is 0.581. The highest BCUT2D eigenvalue weighted by Crippen LogP contribution is 2.20. The summed E-state index contributed by atoms with van der Waals surface area (Å²) in [6, 6.07) is 2.45. The molecule has 1 amide bonds. The number of furan rings is 1. The van der Waals surface area contributed by atoms with Gasteiger partial charge in [-0.1, -0.05) is 0 Å². The van der Waals surface area contributed by atoms with Crippen LogP contribution in [0.1, 0.15) is 17.0 Å². The lowest BCUT2D eigenvalue weighted by atomic mass is 10.3. The van der Waals surface area contributed by atoms with Gasteiger partial charge >= 0.3 is 0 Å². The molecule has 1 aromatic heterocycles. The zero-order chi connectivity index (χ0) is 19.5. The van der Waals surface area contributed by atoms with Crippen LogP contribution in [0, 0.1) is 0 Å². The van der Waals surface area contributed by atoms with Gasteiger partial charge in [-0.3, -0.25) is 4.79 Å². The predicted molar refractivity (Wildman–Crippen MR) is 94.5 cm³/mol. The summed E-state index contributed by atoms with van der Waals surface area (Å²) in [6.07, 6.45) is 0.480. The van der Waals surface area contributed by atoms with Crippen LogP contribution in [0.2, 0.25) is 0 Å². The minimum atomic E-state index is -3.82. The topological polar surface area (TPSA) is 134 Å². The second kappa shape index (κ2) is 8.05. The van der Waals surface area contributed by atoms with Gasteiger partial charge in [0.05, 0.1) is 5.75 Å². The molecule has 1 fully saturated rings. The van der Waals surface area contributed by atoms with Crippen molar-refractivity contribution >= 4 is 26.0 Å². The van der Waals surface area contributed by atoms with E-state index in [4.69, 9.17) is 10.2 Å². The molecule has 0 unspecified atom stereocenters. The van der Waals surface area contributed by atoms with Crippen LogP contribution in [0.15, 0.2) is 21.6 Å². The molecule has 26 heavy (non-hydrogen) atoms. The van der Waals surface area contributed by atoms with Gasteiger partial charge in [0.1, 0.15) is 0 Å². The van der Waals surface area contributed by atoms with Crippen molar-refractivity contribution in [2.24, 2.45) is 5.73 Å². The van der Waals surface area contributed by atoms with Crippen molar-refractivity contribution in [2.45, 2.75) is 11.5 Å². The maximum atomic E-state index is 12.5. The highest BCUT2D eigenvalue weighted by molar-refractivity contribution is 7.89. The number of hydrogen-bond donors (Lipinski definition) is 1. The molecule has 0 saturated carbocycles. The van der Waals surface area contributed by atoms with Crippen molar-refractivity contribution in [3.63, 3.8) is 0 Å². The predicted octanol–water partition coefficient (Wildman–Crippen LogP) is -1.03. The second-order valence-corrected chi connectivity index (χ2v) is 10.4. The van der Waals surface area contributed by atoms with E-state index in [-0.39, 0.29) is 29.7 Å². The van der Waals surface area contributed by atoms with E-state index in [1.54, 1.807) is 0 Å². The van der Waals surface area contributed by atoms with E-state index in [0.29, 0.717) is 26.1 Å². The Morgan fingerprint density at radius 3 is 2.27 bits per heavy atom. The number of hydrogen-bond acceptors (Lipinski definition) is 7. The Kier molecular flexibility index (Phi) is 6.45. The number of piperazine rings is 1. The zero-order valence-electron chi connectivity index (χ0n) is 14.8. The molecule has 0 atom stereocenters. The van der Waals surface area contributed by atoms with E-state index in [2.05, 4.69) is 0 Å². The van der Waals surface area contributed by atoms with E-state index in [1.165, 1.54) is 34.8 Å². The molecule has 0 radical (unpaired) electrons. The summed E-state index contributed by atoms with van der Waals surface area (Å²) in [5.74, 6) is -0.978. The summed E-state index contributed by atoms with van der Waals surface area (Å²) in [7, 11) is -4.05. The van der Waals surface area contributed by atoms with Gasteiger partial charge in [0.2, 0.25) is 15.1 Å². The molecular weight excluding hydrogens is 384 g/mol. The third-order valence-electron chi connectivity index (χ3n) is 4.18. The fraction of sp³-hybridized carbons (Fsp3) is 0.643. The Hall–Kier alpha value is -1.47. The lowest BCUT2D eigenvalue weighted by Crippen LogP contribution is -2.48. The lowest BCUT2D eigenvalue weighted by molar-refractivity contribution is 0.0968. The van der Waals surface area contributed by atoms with Crippen LogP contribution >= 0.6 is 0 Å². The third kappa shape index (κ3) is 4.82. The molecule has 0 aromatic carbocycles. The maximum absolute atomic E-state index is 12.5. The van der Waals surface area contributed by atoms with E-state index < -0.39 is 26.0 Å². The molecule has 2 heterocycles. The van der Waals surface area contributed by atoms with Crippen molar-refractivity contribution in [3.8, 4) is 0 Å². The van der Waals surface area contributed by atoms with Crippen LogP contribution in [0.5, 0.6) is 0 Å². The zero-order valence-corrected chi connectivity index (χ0v) is 16.4. The molecule has 1 aromatic rings. The number of carbonyl (C=O) groups excluding carboxylic acids is 1. The molecule has 2 N–H and O–H groups in total. The first-order chi connectivity index (χ1) is 12.0. The number of amides is 1. The largest absolute Gasteiger partial charge is 0.438 e. The van der Waals surface area contributed by atoms with Crippen molar-refractivity contribution in [1.29, 1.82) is 0 Å². The minimum absolute atomic E-state index is 0.0564. The summed E-state index contributed by atoms with van der Waals surface area (Å²) in [5, 5.41) is -0.308. The van der Waals surface area contributed by atoms with Gasteiger partial charge in [-0.2, -0.15) is 4.31 Å². The van der Waals surface area contributed by atoms with Crippen LogP contribution in [0.25, 0.3) is 0 Å². The minimum Gasteiger partial charge on any atom is -0.438 e. The normalized spacial score (nSPS) is 17.7. The molecule has 0 aliphatic carbocycles. The Bertz CT molecular complexity index is 839. The van der Waals surface area contributed by atoms with E-state index >= 15 is 0 Å². The van der Waals surface area contributed by atoms with Gasteiger partial charge in [0, 0.05) is 40.3 Å². The van der Waals surface area contributed by atoms with Crippen LogP contribution in [-0.2, 0) is 20.0 Å². The van der Waals surface area contributed by atoms with Crippen molar-refractivity contribution in [1.82, 2.24) is 13.5 Å². The summed E-state index contributed by atoms with van der Waals surface area (Å²) in [4.78, 5) is 13.1. The summed E-state index contributed by atoms with van der Waals surface area (Å²) in [5.41, 5.74) is 5.07. The number of carbonyl (C=O) groups is 1. The molecule has 148 valence electrons. The number of nitrogens with two attached hydrogens (primary N) is 1. The summed E-state index contributed by atoms with van der Waals surface area (Å²) < 4.78 is 56.0. The molecule has 0 spiro atoms. The molecule has 12 heteroatoms. The molecule has 1 aliphatic heterocycles. The average molecular weight is 409 g/mol. The maximum Gasteiger partial charge on any atom is 0.284 e. The monoisotopic (exact) mass is 408 g/mol. The standard InChI is InChI=1S/C14H24N4O6S2/c1-16(2)25(20,21)11-3-6-17-7-9-18(10-8-17)26(22,23)13-5-4-12(24-13)14(15)19/h4-5H,3,6-11H2,1-2H3,(H2,15,19). The first kappa shape index (κ1) is 20.8. The first-order valence-corrected chi connectivity index (χ1v) is 11.1. The van der Waals surface area contributed by atoms with E-state index in [1.807, 2.05) is 4.90 Å². The van der Waals surface area contributed by atoms with Crippen LogP contribution in [0.3, 0.4) is 0 Å². The van der Waals surface area contributed by atoms with Crippen molar-refractivity contribution in [3.05, 3.63) is 17.9 Å². The van der Waals surface area contributed by atoms with Gasteiger partial charge in [-0.15, -0.1) is 0 Å². The average Bonchev–Trinajstić information content (AvgIpc) is 3.06. The van der Waals surface area contributed by atoms with Gasteiger partial charge in [0.25, 0.3) is 15.9 Å². The first-order valence-electron chi connectivity index (χ1n) is 8.06. The molecule has 10 nitrogen and oxygen atoms in total. The van der Waals surface area contributed by atoms with Gasteiger partial charge in [-0.25, -0.2) is 21.1 Å². The molecule has 1 aliphatic rings. The van der Waals surface area contributed by atoms with Crippen LogP contribution in [-0.4, -0.2) is 88.8 Å². The molecule has 1 saturated heterocycles. The highest BCUT2D eigenvalue weighted by Gasteiger charge is 2.31. The number of primary amides is 1. The highest BCUT2D eigenvalue weighted by atomic mass is 32.2. The van der Waals surface area contributed by atoms with Crippen LogP contribution < -0.4 is 5.73 Å². The number of sulfonamides is 2. The Morgan fingerprint density at radius 1 is 1.15 bits per heavy atom. The summed E-state index contributed by atoms with van der Waals surface area (Å²) >= 11 is 0. The smallest absolute Gasteiger partial charge is 0.284 e. The second-order valence-electron chi connectivity index (χ2n) is 6.18. The van der Waals surface area contributed by atoms with Crippen LogP contribution in [0.4, 0.5) is 0 Å². The Labute approximate surface area is 153 Å². The Balaban J connectivity index is 1.88. The fourth-order valence-corrected chi connectivity index (χ4v) is 4.76. The van der Waals surface area contributed by atoms with Gasteiger partial charge in [0.15, 0.2) is 5.76 Å². The van der Waals surface area contributed by atoms with E-state index in [9.17, 15) is 21.6 Å². The van der Waals surface area contributed by atoms with Gasteiger partial charge in [-0.05, 0) is 25.1 Å². The number of rotatable bonds is 8. The van der Waals surface area contributed by atoms with Gasteiger partial charge < -0.3 is 15.1 Å². The lowest BCUT2D eigenvalue weighted by Gasteiger charge is -2.33. The third-order valence-corrected chi connectivity index (χ3v) is 7.87. The molecular formula is C14H24N4O6S2. The molecule has 2 rings (SSSR count). The fourth-order valence-electron chi connectivity index (χ4n) is 2.57. The SMILES string of the molecule is CN(C)S(=O)(=O)CCCN1CCN(S(=O)(=O)c2ccc(C(N)=O)o2)CC1. The summed E-state index contributed by atoms with van der Waals surface area (Å²) in [6.45, 7) is 2.08. The van der Waals surface area contributed by atoms with E-state index in [0.717, 1.165) is 0 Å². The number of nitrogens with zero attached hydrogens (tertiary/aromatic N) is 3. The molecule has 0 bridgehead atoms. The Morgan fingerprint density at radius 2 is 1.77 bits per heavy atom. The van der Waals surface area contributed by atoms with Crippen molar-refractivity contribution < 1.29 is 26.0 Å². The van der Waals surface area contributed by atoms with Crippen molar-refractivity contribution in [2.75, 3.05) is 52.6 Å².